The van der Waals surface area contributed by atoms with Crippen molar-refractivity contribution in [3.05, 3.63) is 81.9 Å². The molecule has 6 rings (SSSR count). The number of halogens is 2. The van der Waals surface area contributed by atoms with Gasteiger partial charge in [0, 0.05) is 18.8 Å². The van der Waals surface area contributed by atoms with Gasteiger partial charge in [0.1, 0.15) is 35.5 Å². The van der Waals surface area contributed by atoms with E-state index in [1.165, 1.54) is 15.4 Å². The van der Waals surface area contributed by atoms with Gasteiger partial charge in [0.05, 0.1) is 34.2 Å². The van der Waals surface area contributed by atoms with Crippen LogP contribution < -0.4 is 10.5 Å². The van der Waals surface area contributed by atoms with E-state index in [4.69, 9.17) is 16.7 Å². The Bertz CT molecular complexity index is 1650. The molecular formula is C23H16ClFN8O. The Balaban J connectivity index is 1.62. The Kier molecular flexibility index (Phi) is 4.60. The first kappa shape index (κ1) is 20.4. The van der Waals surface area contributed by atoms with Crippen LogP contribution in [0.5, 0.6) is 0 Å². The second kappa shape index (κ2) is 7.67. The van der Waals surface area contributed by atoms with Gasteiger partial charge in [-0.25, -0.2) is 18.9 Å². The molecule has 5 aromatic rings. The molecule has 0 spiro atoms. The number of H-pyrrole nitrogens is 1. The number of alkyl halides is 1. The standard InChI is InChI=1S/C23H16ClFN8O/c24-16-6-7-32-19(16)23(34)33(15-4-2-1-3-5-15)21(30-32)17-8-14(25)11-31(17)22-18-13(9-26)10-27-20(18)28-12-29-22/h1-7,10,12,14,17H,8,11H2,(H,27,28,29)/t14-,17-/m0/s1. The van der Waals surface area contributed by atoms with Crippen molar-refractivity contribution >= 4 is 34.0 Å². The highest BCUT2D eigenvalue weighted by Gasteiger charge is 2.39. The molecule has 4 aromatic heterocycles. The van der Waals surface area contributed by atoms with Gasteiger partial charge in [-0.3, -0.25) is 9.36 Å². The fourth-order valence-electron chi connectivity index (χ4n) is 4.61. The van der Waals surface area contributed by atoms with E-state index >= 15 is 0 Å². The van der Waals surface area contributed by atoms with Crippen LogP contribution in [0, 0.1) is 11.3 Å². The molecule has 0 amide bonds. The van der Waals surface area contributed by atoms with Crippen molar-refractivity contribution < 1.29 is 4.39 Å². The van der Waals surface area contributed by atoms with E-state index in [0.29, 0.717) is 33.9 Å². The number of anilines is 1. The minimum Gasteiger partial charge on any atom is -0.345 e. The van der Waals surface area contributed by atoms with E-state index in [1.54, 1.807) is 35.5 Å². The number of aromatic amines is 1. The number of nitrogens with zero attached hydrogens (tertiary/aromatic N) is 7. The molecule has 34 heavy (non-hydrogen) atoms. The number of fused-ring (bicyclic) bond motifs is 2. The molecule has 1 fully saturated rings. The van der Waals surface area contributed by atoms with Gasteiger partial charge in [-0.1, -0.05) is 29.8 Å². The van der Waals surface area contributed by atoms with Gasteiger partial charge in [0.25, 0.3) is 5.56 Å². The minimum absolute atomic E-state index is 0.0297. The number of aromatic nitrogens is 6. The number of nitrogens with one attached hydrogen (secondary N) is 1. The van der Waals surface area contributed by atoms with E-state index in [0.717, 1.165) is 0 Å². The van der Waals surface area contributed by atoms with Crippen LogP contribution in [-0.2, 0) is 0 Å². The largest absolute Gasteiger partial charge is 0.345 e. The third kappa shape index (κ3) is 2.98. The van der Waals surface area contributed by atoms with Crippen molar-refractivity contribution in [1.82, 2.24) is 29.1 Å². The Morgan fingerprint density at radius 2 is 2.03 bits per heavy atom. The van der Waals surface area contributed by atoms with Crippen LogP contribution in [0.1, 0.15) is 23.9 Å². The summed E-state index contributed by atoms with van der Waals surface area (Å²) < 4.78 is 17.9. The highest BCUT2D eigenvalue weighted by molar-refractivity contribution is 6.33. The van der Waals surface area contributed by atoms with Gasteiger partial charge in [-0.2, -0.15) is 10.4 Å². The number of rotatable bonds is 3. The summed E-state index contributed by atoms with van der Waals surface area (Å²) >= 11 is 6.29. The quantitative estimate of drug-likeness (QED) is 0.428. The Morgan fingerprint density at radius 3 is 2.82 bits per heavy atom. The number of benzene rings is 1. The highest BCUT2D eigenvalue weighted by Crippen LogP contribution is 2.39. The van der Waals surface area contributed by atoms with Crippen LogP contribution in [0.4, 0.5) is 10.2 Å². The molecule has 5 heterocycles. The van der Waals surface area contributed by atoms with Crippen molar-refractivity contribution in [3.8, 4) is 11.8 Å². The maximum Gasteiger partial charge on any atom is 0.284 e. The predicted octanol–water partition coefficient (Wildman–Crippen LogP) is 3.57. The van der Waals surface area contributed by atoms with Crippen LogP contribution in [0.3, 0.4) is 0 Å². The SMILES string of the molecule is N#Cc1c[nH]c2ncnc(N3C[C@@H](F)C[C@H]3c3nn4ccc(Cl)c4c(=O)n3-c3ccccc3)c12. The first-order valence-electron chi connectivity index (χ1n) is 10.5. The molecule has 11 heteroatoms. The summed E-state index contributed by atoms with van der Waals surface area (Å²) in [5.41, 5.74) is 1.29. The van der Waals surface area contributed by atoms with E-state index in [-0.39, 0.29) is 29.1 Å². The Labute approximate surface area is 196 Å². The lowest BCUT2D eigenvalue weighted by Crippen LogP contribution is -2.33. The molecular weight excluding hydrogens is 459 g/mol. The molecule has 1 aromatic carbocycles. The third-order valence-electron chi connectivity index (χ3n) is 6.07. The van der Waals surface area contributed by atoms with Gasteiger partial charge in [-0.15, -0.1) is 0 Å². The van der Waals surface area contributed by atoms with E-state index in [9.17, 15) is 14.4 Å². The summed E-state index contributed by atoms with van der Waals surface area (Å²) in [4.78, 5) is 26.9. The first-order chi connectivity index (χ1) is 16.6. The Morgan fingerprint density at radius 1 is 1.21 bits per heavy atom. The van der Waals surface area contributed by atoms with Gasteiger partial charge >= 0.3 is 0 Å². The van der Waals surface area contributed by atoms with Crippen LogP contribution in [0.25, 0.3) is 22.2 Å². The van der Waals surface area contributed by atoms with Crippen molar-refractivity contribution in [2.45, 2.75) is 18.6 Å². The summed E-state index contributed by atoms with van der Waals surface area (Å²) in [6, 6.07) is 12.1. The fraction of sp³-hybridized carbons (Fsp3) is 0.174. The number of para-hydroxylation sites is 1. The van der Waals surface area contributed by atoms with Gasteiger partial charge in [0.15, 0.2) is 5.82 Å². The number of hydrogen-bond acceptors (Lipinski definition) is 6. The molecule has 1 saturated heterocycles. The van der Waals surface area contributed by atoms with Gasteiger partial charge in [-0.05, 0) is 18.2 Å². The van der Waals surface area contributed by atoms with Crippen molar-refractivity contribution in [3.63, 3.8) is 0 Å². The predicted molar refractivity (Wildman–Crippen MR) is 124 cm³/mol. The lowest BCUT2D eigenvalue weighted by Gasteiger charge is -2.27. The molecule has 0 aliphatic carbocycles. The van der Waals surface area contributed by atoms with Crippen molar-refractivity contribution in [2.75, 3.05) is 11.4 Å². The molecule has 0 bridgehead atoms. The molecule has 0 saturated carbocycles. The summed E-state index contributed by atoms with van der Waals surface area (Å²) in [7, 11) is 0. The van der Waals surface area contributed by atoms with E-state index in [1.807, 2.05) is 18.2 Å². The molecule has 1 aliphatic rings. The van der Waals surface area contributed by atoms with Crippen molar-refractivity contribution in [1.29, 1.82) is 5.26 Å². The topological polar surface area (TPSA) is 108 Å². The van der Waals surface area contributed by atoms with E-state index in [2.05, 4.69) is 21.0 Å². The zero-order valence-corrected chi connectivity index (χ0v) is 18.3. The molecule has 9 nitrogen and oxygen atoms in total. The summed E-state index contributed by atoms with van der Waals surface area (Å²) in [5, 5.41) is 15.1. The normalized spacial score (nSPS) is 18.1. The molecule has 168 valence electrons. The summed E-state index contributed by atoms with van der Waals surface area (Å²) in [5.74, 6) is 0.754. The summed E-state index contributed by atoms with van der Waals surface area (Å²) in [6.07, 6.45) is 3.42. The smallest absolute Gasteiger partial charge is 0.284 e. The van der Waals surface area contributed by atoms with Crippen LogP contribution in [0.2, 0.25) is 5.02 Å². The molecule has 1 aliphatic heterocycles. The zero-order chi connectivity index (χ0) is 23.4. The minimum atomic E-state index is -1.19. The maximum absolute atomic E-state index is 15.0. The average Bonchev–Trinajstić information content (AvgIpc) is 3.55. The van der Waals surface area contributed by atoms with Gasteiger partial charge in [0.2, 0.25) is 0 Å². The average molecular weight is 475 g/mol. The lowest BCUT2D eigenvalue weighted by atomic mass is 10.1. The second-order valence-corrected chi connectivity index (χ2v) is 8.43. The highest BCUT2D eigenvalue weighted by atomic mass is 35.5. The van der Waals surface area contributed by atoms with Crippen molar-refractivity contribution in [2.24, 2.45) is 0 Å². The monoisotopic (exact) mass is 474 g/mol. The third-order valence-corrected chi connectivity index (χ3v) is 6.37. The number of nitriles is 1. The molecule has 1 N–H and O–H groups in total. The van der Waals surface area contributed by atoms with E-state index < -0.39 is 12.2 Å². The van der Waals surface area contributed by atoms with Crippen LogP contribution in [0.15, 0.2) is 59.9 Å². The molecule has 0 radical (unpaired) electrons. The zero-order valence-electron chi connectivity index (χ0n) is 17.6. The van der Waals surface area contributed by atoms with Crippen LogP contribution in [-0.4, -0.2) is 41.8 Å². The molecule has 0 unspecified atom stereocenters. The molecule has 2 atom stereocenters. The van der Waals surface area contributed by atoms with Crippen LogP contribution >= 0.6 is 11.6 Å². The maximum atomic E-state index is 15.0. The fourth-order valence-corrected chi connectivity index (χ4v) is 4.83. The second-order valence-electron chi connectivity index (χ2n) is 8.03. The van der Waals surface area contributed by atoms with Gasteiger partial charge < -0.3 is 9.88 Å². The first-order valence-corrected chi connectivity index (χ1v) is 10.9. The summed E-state index contributed by atoms with van der Waals surface area (Å²) in [6.45, 7) is 0.0297. The Hall–Kier alpha value is -4.23. The number of hydrogen-bond donors (Lipinski definition) is 1. The lowest BCUT2D eigenvalue weighted by molar-refractivity contribution is 0.354.